The molecule has 1 N–H and O–H groups in total. The van der Waals surface area contributed by atoms with E-state index in [1.54, 1.807) is 0 Å². The number of aryl methyl sites for hydroxylation is 1. The third-order valence-electron chi connectivity index (χ3n) is 2.88. The van der Waals surface area contributed by atoms with Crippen molar-refractivity contribution >= 4 is 5.97 Å². The number of aromatic carboxylic acids is 1. The topological polar surface area (TPSA) is 59.7 Å². The van der Waals surface area contributed by atoms with Crippen LogP contribution in [0.1, 0.15) is 41.4 Å². The van der Waals surface area contributed by atoms with Gasteiger partial charge in [-0.2, -0.15) is 0 Å². The van der Waals surface area contributed by atoms with Gasteiger partial charge >= 0.3 is 5.97 Å². The molecule has 1 heterocycles. The molecule has 19 heavy (non-hydrogen) atoms. The maximum Gasteiger partial charge on any atom is 0.371 e. The summed E-state index contributed by atoms with van der Waals surface area (Å²) in [6.07, 6.45) is 0. The second-order valence-corrected chi connectivity index (χ2v) is 4.71. The molecule has 2 rings (SSSR count). The van der Waals surface area contributed by atoms with Crippen LogP contribution in [-0.2, 0) is 0 Å². The Balaban J connectivity index is 2.26. The highest BCUT2D eigenvalue weighted by Crippen LogP contribution is 2.29. The summed E-state index contributed by atoms with van der Waals surface area (Å²) in [4.78, 5) is 10.7. The predicted octanol–water partition coefficient (Wildman–Crippen LogP) is 4.20. The van der Waals surface area contributed by atoms with Gasteiger partial charge in [0.05, 0.1) is 0 Å². The van der Waals surface area contributed by atoms with Crippen LogP contribution < -0.4 is 4.74 Å². The minimum atomic E-state index is -1.11. The van der Waals surface area contributed by atoms with Crippen LogP contribution in [0.2, 0.25) is 0 Å². The minimum absolute atomic E-state index is 0.132. The Morgan fingerprint density at radius 2 is 2.00 bits per heavy atom. The van der Waals surface area contributed by atoms with Gasteiger partial charge in [-0.1, -0.05) is 26.0 Å². The van der Waals surface area contributed by atoms with Gasteiger partial charge < -0.3 is 14.3 Å². The molecule has 0 radical (unpaired) electrons. The molecule has 2 aromatic rings. The fourth-order valence-electron chi connectivity index (χ4n) is 1.68. The van der Waals surface area contributed by atoms with Crippen LogP contribution in [0.3, 0.4) is 0 Å². The lowest BCUT2D eigenvalue weighted by Crippen LogP contribution is -1.93. The molecule has 0 fully saturated rings. The Kier molecular flexibility index (Phi) is 3.60. The SMILES string of the molecule is Cc1ccc(C(C)C)cc1Oc1ccc(C(=O)O)o1. The first-order valence-electron chi connectivity index (χ1n) is 6.09. The van der Waals surface area contributed by atoms with Crippen molar-refractivity contribution < 1.29 is 19.1 Å². The van der Waals surface area contributed by atoms with Gasteiger partial charge in [-0.15, -0.1) is 0 Å². The lowest BCUT2D eigenvalue weighted by Gasteiger charge is -2.10. The molecule has 4 nitrogen and oxygen atoms in total. The van der Waals surface area contributed by atoms with Crippen LogP contribution in [0, 0.1) is 6.92 Å². The summed E-state index contributed by atoms with van der Waals surface area (Å²) in [6, 6.07) is 8.86. The number of carbonyl (C=O) groups is 1. The molecule has 0 saturated heterocycles. The monoisotopic (exact) mass is 260 g/mol. The van der Waals surface area contributed by atoms with Crippen molar-refractivity contribution in [3.05, 3.63) is 47.2 Å². The Bertz CT molecular complexity index is 596. The molecule has 4 heteroatoms. The maximum absolute atomic E-state index is 10.7. The Morgan fingerprint density at radius 3 is 2.58 bits per heavy atom. The number of furan rings is 1. The van der Waals surface area contributed by atoms with Gasteiger partial charge in [0.1, 0.15) is 5.75 Å². The van der Waals surface area contributed by atoms with Gasteiger partial charge in [0, 0.05) is 6.07 Å². The summed E-state index contributed by atoms with van der Waals surface area (Å²) in [5.74, 6) is 0.0168. The van der Waals surface area contributed by atoms with Crippen LogP contribution >= 0.6 is 0 Å². The molecule has 0 unspecified atom stereocenters. The standard InChI is InChI=1S/C15H16O4/c1-9(2)11-5-4-10(3)13(8-11)19-14-7-6-12(18-14)15(16)17/h4-9H,1-3H3,(H,16,17). The molecular weight excluding hydrogens is 244 g/mol. The first-order valence-corrected chi connectivity index (χ1v) is 6.09. The van der Waals surface area contributed by atoms with Gasteiger partial charge in [0.15, 0.2) is 0 Å². The average Bonchev–Trinajstić information content (AvgIpc) is 2.80. The zero-order valence-electron chi connectivity index (χ0n) is 11.1. The maximum atomic E-state index is 10.7. The van der Waals surface area contributed by atoms with Crippen molar-refractivity contribution in [1.82, 2.24) is 0 Å². The molecule has 1 aromatic heterocycles. The predicted molar refractivity (Wildman–Crippen MR) is 71.0 cm³/mol. The molecule has 0 amide bonds. The van der Waals surface area contributed by atoms with Gasteiger partial charge in [-0.3, -0.25) is 0 Å². The molecule has 0 spiro atoms. The van der Waals surface area contributed by atoms with E-state index in [-0.39, 0.29) is 11.7 Å². The van der Waals surface area contributed by atoms with Gasteiger partial charge in [0.25, 0.3) is 5.95 Å². The zero-order valence-corrected chi connectivity index (χ0v) is 11.1. The second kappa shape index (κ2) is 5.18. The zero-order chi connectivity index (χ0) is 14.0. The number of hydrogen-bond donors (Lipinski definition) is 1. The minimum Gasteiger partial charge on any atom is -0.475 e. The first-order chi connectivity index (χ1) is 8.97. The van der Waals surface area contributed by atoms with Gasteiger partial charge in [-0.25, -0.2) is 4.79 Å². The van der Waals surface area contributed by atoms with E-state index in [9.17, 15) is 4.79 Å². The Hall–Kier alpha value is -2.23. The van der Waals surface area contributed by atoms with E-state index in [2.05, 4.69) is 19.9 Å². The highest BCUT2D eigenvalue weighted by Gasteiger charge is 2.12. The molecule has 0 aliphatic heterocycles. The third kappa shape index (κ3) is 2.96. The van der Waals surface area contributed by atoms with Crippen molar-refractivity contribution in [1.29, 1.82) is 0 Å². The van der Waals surface area contributed by atoms with Crippen molar-refractivity contribution in [2.75, 3.05) is 0 Å². The lowest BCUT2D eigenvalue weighted by molar-refractivity contribution is 0.0657. The summed E-state index contributed by atoms with van der Waals surface area (Å²) in [6.45, 7) is 6.13. The van der Waals surface area contributed by atoms with E-state index < -0.39 is 5.97 Å². The number of hydrogen-bond acceptors (Lipinski definition) is 3. The van der Waals surface area contributed by atoms with E-state index in [0.29, 0.717) is 11.7 Å². The van der Waals surface area contributed by atoms with E-state index in [1.165, 1.54) is 12.1 Å². The lowest BCUT2D eigenvalue weighted by atomic mass is 10.0. The van der Waals surface area contributed by atoms with Gasteiger partial charge in [0.2, 0.25) is 5.76 Å². The average molecular weight is 260 g/mol. The van der Waals surface area contributed by atoms with Crippen LogP contribution in [0.15, 0.2) is 34.7 Å². The summed E-state index contributed by atoms with van der Waals surface area (Å²) in [5, 5.41) is 8.79. The molecule has 100 valence electrons. The summed E-state index contributed by atoms with van der Waals surface area (Å²) in [7, 11) is 0. The Morgan fingerprint density at radius 1 is 1.26 bits per heavy atom. The molecule has 0 aliphatic rings. The van der Waals surface area contributed by atoms with E-state index in [1.807, 2.05) is 19.1 Å². The molecule has 0 bridgehead atoms. The number of rotatable bonds is 4. The highest BCUT2D eigenvalue weighted by molar-refractivity contribution is 5.84. The quantitative estimate of drug-likeness (QED) is 0.894. The fourth-order valence-corrected chi connectivity index (χ4v) is 1.68. The third-order valence-corrected chi connectivity index (χ3v) is 2.88. The van der Waals surface area contributed by atoms with E-state index >= 15 is 0 Å². The highest BCUT2D eigenvalue weighted by atomic mass is 16.6. The first kappa shape index (κ1) is 13.2. The van der Waals surface area contributed by atoms with Crippen molar-refractivity contribution in [3.8, 4) is 11.7 Å². The van der Waals surface area contributed by atoms with Crippen molar-refractivity contribution in [2.45, 2.75) is 26.7 Å². The fraction of sp³-hybridized carbons (Fsp3) is 0.267. The molecule has 1 aromatic carbocycles. The second-order valence-electron chi connectivity index (χ2n) is 4.71. The summed E-state index contributed by atoms with van der Waals surface area (Å²) < 4.78 is 10.7. The van der Waals surface area contributed by atoms with E-state index in [0.717, 1.165) is 11.1 Å². The number of carboxylic acids is 1. The number of carboxylic acid groups (broad SMARTS) is 1. The van der Waals surface area contributed by atoms with Gasteiger partial charge in [-0.05, 0) is 36.1 Å². The van der Waals surface area contributed by atoms with Crippen LogP contribution in [0.5, 0.6) is 11.7 Å². The largest absolute Gasteiger partial charge is 0.475 e. The van der Waals surface area contributed by atoms with E-state index in [4.69, 9.17) is 14.3 Å². The molecule has 0 aliphatic carbocycles. The molecular formula is C15H16O4. The van der Waals surface area contributed by atoms with Crippen molar-refractivity contribution in [3.63, 3.8) is 0 Å². The normalized spacial score (nSPS) is 10.7. The summed E-state index contributed by atoms with van der Waals surface area (Å²) in [5.41, 5.74) is 2.13. The number of ether oxygens (including phenoxy) is 1. The Labute approximate surface area is 111 Å². The van der Waals surface area contributed by atoms with Crippen LogP contribution in [0.4, 0.5) is 0 Å². The smallest absolute Gasteiger partial charge is 0.371 e. The van der Waals surface area contributed by atoms with Crippen molar-refractivity contribution in [2.24, 2.45) is 0 Å². The molecule has 0 atom stereocenters. The summed E-state index contributed by atoms with van der Waals surface area (Å²) >= 11 is 0. The van der Waals surface area contributed by atoms with Crippen LogP contribution in [-0.4, -0.2) is 11.1 Å². The molecule has 0 saturated carbocycles. The van der Waals surface area contributed by atoms with Crippen LogP contribution in [0.25, 0.3) is 0 Å². The number of benzene rings is 1.